The SMILES string of the molecule is CCOC(=O)c1cn(C[C@@H](Cc2ccccc2)NC(=O)OC(C)(C)C)nn1. The number of ether oxygens (including phenoxy) is 2. The van der Waals surface area contributed by atoms with Crippen molar-refractivity contribution in [3.63, 3.8) is 0 Å². The van der Waals surface area contributed by atoms with E-state index >= 15 is 0 Å². The Morgan fingerprint density at radius 1 is 1.22 bits per heavy atom. The highest BCUT2D eigenvalue weighted by Gasteiger charge is 2.21. The van der Waals surface area contributed by atoms with Crippen molar-refractivity contribution in [2.24, 2.45) is 0 Å². The zero-order chi connectivity index (χ0) is 19.9. The Bertz CT molecular complexity index is 753. The Morgan fingerprint density at radius 3 is 2.56 bits per heavy atom. The maximum atomic E-state index is 12.2. The van der Waals surface area contributed by atoms with E-state index < -0.39 is 17.7 Å². The van der Waals surface area contributed by atoms with Gasteiger partial charge in [0.25, 0.3) is 0 Å². The molecule has 0 aliphatic rings. The van der Waals surface area contributed by atoms with E-state index in [1.807, 2.05) is 51.1 Å². The topological polar surface area (TPSA) is 95.3 Å². The second-order valence-electron chi connectivity index (χ2n) is 7.08. The number of nitrogens with zero attached hydrogens (tertiary/aromatic N) is 3. The van der Waals surface area contributed by atoms with Gasteiger partial charge in [-0.2, -0.15) is 0 Å². The van der Waals surface area contributed by atoms with Crippen molar-refractivity contribution in [1.82, 2.24) is 20.3 Å². The number of hydrogen-bond acceptors (Lipinski definition) is 6. The first-order valence-electron chi connectivity index (χ1n) is 8.87. The van der Waals surface area contributed by atoms with E-state index in [0.717, 1.165) is 5.56 Å². The van der Waals surface area contributed by atoms with Crippen LogP contribution in [-0.4, -0.2) is 45.3 Å². The molecule has 1 amide bonds. The van der Waals surface area contributed by atoms with Crippen LogP contribution in [0.1, 0.15) is 43.7 Å². The van der Waals surface area contributed by atoms with E-state index in [2.05, 4.69) is 15.6 Å². The summed E-state index contributed by atoms with van der Waals surface area (Å²) in [5.41, 5.74) is 0.600. The van der Waals surface area contributed by atoms with Crippen LogP contribution in [0, 0.1) is 0 Å². The largest absolute Gasteiger partial charge is 0.461 e. The molecule has 8 heteroatoms. The lowest BCUT2D eigenvalue weighted by Crippen LogP contribution is -2.42. The zero-order valence-corrected chi connectivity index (χ0v) is 16.1. The van der Waals surface area contributed by atoms with Crippen LogP contribution in [0.15, 0.2) is 36.5 Å². The molecule has 0 saturated heterocycles. The van der Waals surface area contributed by atoms with Gasteiger partial charge in [0.1, 0.15) is 5.60 Å². The van der Waals surface area contributed by atoms with Gasteiger partial charge in [0.05, 0.1) is 25.4 Å². The van der Waals surface area contributed by atoms with Gasteiger partial charge in [-0.3, -0.25) is 0 Å². The molecule has 0 aliphatic carbocycles. The third-order valence-corrected chi connectivity index (χ3v) is 3.48. The first-order chi connectivity index (χ1) is 12.8. The highest BCUT2D eigenvalue weighted by Crippen LogP contribution is 2.10. The monoisotopic (exact) mass is 374 g/mol. The van der Waals surface area contributed by atoms with Gasteiger partial charge < -0.3 is 14.8 Å². The maximum Gasteiger partial charge on any atom is 0.407 e. The molecule has 0 saturated carbocycles. The van der Waals surface area contributed by atoms with Gasteiger partial charge in [-0.1, -0.05) is 35.5 Å². The number of carbonyl (C=O) groups excluding carboxylic acids is 2. The van der Waals surface area contributed by atoms with Gasteiger partial charge in [-0.25, -0.2) is 14.3 Å². The molecule has 1 atom stereocenters. The molecule has 1 heterocycles. The highest BCUT2D eigenvalue weighted by molar-refractivity contribution is 5.86. The van der Waals surface area contributed by atoms with Crippen molar-refractivity contribution in [2.75, 3.05) is 6.61 Å². The lowest BCUT2D eigenvalue weighted by molar-refractivity contribution is 0.0492. The van der Waals surface area contributed by atoms with Crippen LogP contribution in [0.25, 0.3) is 0 Å². The van der Waals surface area contributed by atoms with Crippen molar-refractivity contribution in [3.05, 3.63) is 47.8 Å². The Hall–Kier alpha value is -2.90. The van der Waals surface area contributed by atoms with Gasteiger partial charge in [-0.05, 0) is 39.7 Å². The first-order valence-corrected chi connectivity index (χ1v) is 8.87. The van der Waals surface area contributed by atoms with E-state index in [-0.39, 0.29) is 18.3 Å². The van der Waals surface area contributed by atoms with Crippen molar-refractivity contribution >= 4 is 12.1 Å². The second-order valence-corrected chi connectivity index (χ2v) is 7.08. The molecule has 146 valence electrons. The van der Waals surface area contributed by atoms with Crippen LogP contribution in [0.3, 0.4) is 0 Å². The second kappa shape index (κ2) is 9.16. The molecule has 1 N–H and O–H groups in total. The van der Waals surface area contributed by atoms with Crippen LogP contribution in [0.2, 0.25) is 0 Å². The van der Waals surface area contributed by atoms with E-state index in [0.29, 0.717) is 13.0 Å². The number of alkyl carbamates (subject to hydrolysis) is 1. The summed E-state index contributed by atoms with van der Waals surface area (Å²) in [7, 11) is 0. The molecule has 1 aromatic heterocycles. The third-order valence-electron chi connectivity index (χ3n) is 3.48. The summed E-state index contributed by atoms with van der Waals surface area (Å²) >= 11 is 0. The van der Waals surface area contributed by atoms with Gasteiger partial charge in [0, 0.05) is 0 Å². The fourth-order valence-corrected chi connectivity index (χ4v) is 2.45. The molecule has 2 aromatic rings. The molecule has 0 bridgehead atoms. The van der Waals surface area contributed by atoms with Gasteiger partial charge >= 0.3 is 12.1 Å². The molecule has 0 spiro atoms. The van der Waals surface area contributed by atoms with E-state index in [1.165, 1.54) is 10.9 Å². The number of hydrogen-bond donors (Lipinski definition) is 1. The predicted molar refractivity (Wildman–Crippen MR) is 99.3 cm³/mol. The fraction of sp³-hybridized carbons (Fsp3) is 0.474. The molecule has 1 aromatic carbocycles. The minimum absolute atomic E-state index is 0.132. The molecule has 2 rings (SSSR count). The van der Waals surface area contributed by atoms with Crippen LogP contribution in [0.4, 0.5) is 4.79 Å². The Labute approximate surface area is 158 Å². The lowest BCUT2D eigenvalue weighted by Gasteiger charge is -2.23. The smallest absolute Gasteiger partial charge is 0.407 e. The quantitative estimate of drug-likeness (QED) is 0.749. The predicted octanol–water partition coefficient (Wildman–Crippen LogP) is 2.59. The van der Waals surface area contributed by atoms with Gasteiger partial charge in [0.15, 0.2) is 5.69 Å². The molecule has 0 unspecified atom stereocenters. The number of benzene rings is 1. The summed E-state index contributed by atoms with van der Waals surface area (Å²) in [4.78, 5) is 23.9. The number of rotatable bonds is 7. The Kier molecular flexibility index (Phi) is 6.92. The average Bonchev–Trinajstić information content (AvgIpc) is 3.02. The minimum Gasteiger partial charge on any atom is -0.461 e. The fourth-order valence-electron chi connectivity index (χ4n) is 2.45. The number of carbonyl (C=O) groups is 2. The number of esters is 1. The molecule has 8 nitrogen and oxygen atoms in total. The number of aromatic nitrogens is 3. The van der Waals surface area contributed by atoms with Crippen molar-refractivity contribution < 1.29 is 19.1 Å². The molecule has 27 heavy (non-hydrogen) atoms. The summed E-state index contributed by atoms with van der Waals surface area (Å²) in [6.07, 6.45) is 1.58. The van der Waals surface area contributed by atoms with Crippen LogP contribution in [0.5, 0.6) is 0 Å². The first kappa shape index (κ1) is 20.4. The number of nitrogens with one attached hydrogen (secondary N) is 1. The molecule has 0 radical (unpaired) electrons. The maximum absolute atomic E-state index is 12.2. The van der Waals surface area contributed by atoms with E-state index in [1.54, 1.807) is 6.92 Å². The molecule has 0 fully saturated rings. The van der Waals surface area contributed by atoms with Crippen molar-refractivity contribution in [2.45, 2.75) is 52.3 Å². The molecular formula is C19H26N4O4. The highest BCUT2D eigenvalue weighted by atomic mass is 16.6. The summed E-state index contributed by atoms with van der Waals surface area (Å²) in [5, 5.41) is 10.7. The lowest BCUT2D eigenvalue weighted by atomic mass is 10.1. The standard InChI is InChI=1S/C19H26N4O4/c1-5-26-17(24)16-13-23(22-21-16)12-15(11-14-9-7-6-8-10-14)20-18(25)27-19(2,3)4/h6-10,13,15H,5,11-12H2,1-4H3,(H,20,25)/t15-/m1/s1. The third kappa shape index (κ3) is 7.08. The molecular weight excluding hydrogens is 348 g/mol. The van der Waals surface area contributed by atoms with Crippen LogP contribution >= 0.6 is 0 Å². The van der Waals surface area contributed by atoms with Gasteiger partial charge in [-0.15, -0.1) is 5.10 Å². The normalized spacial score (nSPS) is 12.3. The summed E-state index contributed by atoms with van der Waals surface area (Å²) in [5.74, 6) is -0.525. The average molecular weight is 374 g/mol. The zero-order valence-electron chi connectivity index (χ0n) is 16.1. The minimum atomic E-state index is -0.592. The Balaban J connectivity index is 2.09. The summed E-state index contributed by atoms with van der Waals surface area (Å²) in [6, 6.07) is 9.48. The van der Waals surface area contributed by atoms with E-state index in [4.69, 9.17) is 9.47 Å². The van der Waals surface area contributed by atoms with Crippen molar-refractivity contribution in [1.29, 1.82) is 0 Å². The van der Waals surface area contributed by atoms with Gasteiger partial charge in [0.2, 0.25) is 0 Å². The summed E-state index contributed by atoms with van der Waals surface area (Å²) < 4.78 is 11.8. The van der Waals surface area contributed by atoms with Crippen LogP contribution < -0.4 is 5.32 Å². The van der Waals surface area contributed by atoms with E-state index in [9.17, 15) is 9.59 Å². The summed E-state index contributed by atoms with van der Waals surface area (Å²) in [6.45, 7) is 7.75. The Morgan fingerprint density at radius 2 is 1.93 bits per heavy atom. The van der Waals surface area contributed by atoms with Crippen molar-refractivity contribution in [3.8, 4) is 0 Å². The van der Waals surface area contributed by atoms with Crippen LogP contribution in [-0.2, 0) is 22.4 Å². The number of amides is 1. The molecule has 0 aliphatic heterocycles.